The van der Waals surface area contributed by atoms with Crippen molar-refractivity contribution in [2.75, 3.05) is 0 Å². The van der Waals surface area contributed by atoms with E-state index < -0.39 is 0 Å². The molecule has 0 saturated heterocycles. The molecule has 0 bridgehead atoms. The quantitative estimate of drug-likeness (QED) is 0.741. The number of halogens is 1. The maximum absolute atomic E-state index is 9.06. The number of nitrogens with zero attached hydrogens (tertiary/aromatic N) is 2. The van der Waals surface area contributed by atoms with Crippen LogP contribution in [0, 0.1) is 0 Å². The topological polar surface area (TPSA) is 38.1 Å². The van der Waals surface area contributed by atoms with Crippen LogP contribution in [-0.4, -0.2) is 44.4 Å². The molecule has 0 unspecified atom stereocenters. The fourth-order valence-corrected chi connectivity index (χ4v) is 1.17. The van der Waals surface area contributed by atoms with Gasteiger partial charge in [0.15, 0.2) is 5.75 Å². The molecule has 1 N–H and O–H groups in total. The monoisotopic (exact) mass is 217 g/mol. The Morgan fingerprint density at radius 3 is 2.36 bits per heavy atom. The fraction of sp³-hybridized carbons (Fsp3) is 0. The van der Waals surface area contributed by atoms with Crippen molar-refractivity contribution < 1.29 is 5.11 Å². The summed E-state index contributed by atoms with van der Waals surface area (Å²) in [4.78, 5) is 0. The van der Waals surface area contributed by atoms with Crippen LogP contribution in [0.5, 0.6) is 5.75 Å². The van der Waals surface area contributed by atoms with Gasteiger partial charge in [-0.1, -0.05) is 11.6 Å². The van der Waals surface area contributed by atoms with E-state index in [9.17, 15) is 0 Å². The molecule has 67 valence electrons. The Kier molecular flexibility index (Phi) is 4.01. The minimum absolute atomic E-state index is 0. The summed E-state index contributed by atoms with van der Waals surface area (Å²) in [7, 11) is 0. The molecule has 0 aliphatic heterocycles. The molecule has 0 spiro atoms. The molecular weight excluding hydrogens is 211 g/mol. The van der Waals surface area contributed by atoms with E-state index in [-0.39, 0.29) is 35.3 Å². The molecule has 5 heteroatoms. The van der Waals surface area contributed by atoms with Gasteiger partial charge in [0, 0.05) is 34.6 Å². The minimum Gasteiger partial charge on any atom is -0.505 e. The van der Waals surface area contributed by atoms with Gasteiger partial charge >= 0.3 is 0 Å². The van der Waals surface area contributed by atoms with Crippen molar-refractivity contribution in [2.24, 2.45) is 0 Å². The molecule has 2 rings (SSSR count). The van der Waals surface area contributed by atoms with Gasteiger partial charge in [-0.15, -0.1) is 0 Å². The molecule has 0 atom stereocenters. The summed E-state index contributed by atoms with van der Waals surface area (Å²) in [5.41, 5.74) is 0.865. The molecule has 1 radical (unpaired) electrons. The maximum atomic E-state index is 9.06. The first-order valence-electron chi connectivity index (χ1n) is 3.75. The average molecular weight is 218 g/mol. The van der Waals surface area contributed by atoms with Crippen molar-refractivity contribution in [2.45, 2.75) is 0 Å². The first-order chi connectivity index (χ1) is 6.25. The van der Waals surface area contributed by atoms with Gasteiger partial charge in [-0.25, -0.2) is 4.68 Å². The molecule has 1 aromatic heterocycles. The molecule has 0 amide bonds. The van der Waals surface area contributed by atoms with Crippen molar-refractivity contribution in [1.29, 1.82) is 0 Å². The maximum Gasteiger partial charge on any atom is 0.153 e. The Labute approximate surface area is 109 Å². The zero-order valence-corrected chi connectivity index (χ0v) is 10.4. The summed E-state index contributed by atoms with van der Waals surface area (Å²) in [6.07, 6.45) is 2.91. The molecule has 0 aliphatic carbocycles. The van der Waals surface area contributed by atoms with Crippen LogP contribution in [0.2, 0.25) is 5.02 Å². The average Bonchev–Trinajstić information content (AvgIpc) is 2.53. The van der Waals surface area contributed by atoms with Gasteiger partial charge in [0.25, 0.3) is 0 Å². The van der Waals surface area contributed by atoms with Crippen LogP contribution in [0.3, 0.4) is 0 Å². The van der Waals surface area contributed by atoms with Gasteiger partial charge in [0.2, 0.25) is 0 Å². The fourth-order valence-electron chi connectivity index (χ4n) is 1.05. The summed E-state index contributed by atoms with van der Waals surface area (Å²) >= 11 is 5.73. The van der Waals surface area contributed by atoms with Crippen LogP contribution in [0.4, 0.5) is 0 Å². The molecule has 1 heterocycles. The van der Waals surface area contributed by atoms with Gasteiger partial charge in [0.1, 0.15) is 0 Å². The van der Waals surface area contributed by atoms with E-state index in [1.54, 1.807) is 16.8 Å². The van der Waals surface area contributed by atoms with E-state index in [1.807, 2.05) is 12.1 Å². The third-order valence-electron chi connectivity index (χ3n) is 1.66. The number of hydrogen-bond donors (Lipinski definition) is 1. The van der Waals surface area contributed by atoms with Crippen molar-refractivity contribution in [3.8, 4) is 11.4 Å². The largest absolute Gasteiger partial charge is 0.505 e. The third kappa shape index (κ3) is 2.51. The van der Waals surface area contributed by atoms with Crippen molar-refractivity contribution in [1.82, 2.24) is 9.78 Å². The van der Waals surface area contributed by atoms with Crippen molar-refractivity contribution >= 4 is 41.2 Å². The summed E-state index contributed by atoms with van der Waals surface area (Å²) in [5.74, 6) is 0.148. The Morgan fingerprint density at radius 1 is 1.21 bits per heavy atom. The Balaban J connectivity index is 0.000000980. The molecule has 0 saturated carbocycles. The zero-order chi connectivity index (χ0) is 9.26. The van der Waals surface area contributed by atoms with Gasteiger partial charge < -0.3 is 5.11 Å². The van der Waals surface area contributed by atoms with Crippen LogP contribution < -0.4 is 0 Å². The van der Waals surface area contributed by atoms with E-state index in [1.165, 1.54) is 12.4 Å². The number of hydrogen-bond acceptors (Lipinski definition) is 2. The normalized spacial score (nSPS) is 9.50. The minimum atomic E-state index is 0. The first-order valence-corrected chi connectivity index (χ1v) is 4.13. The van der Waals surface area contributed by atoms with Gasteiger partial charge in [-0.3, -0.25) is 0 Å². The van der Waals surface area contributed by atoms with E-state index in [2.05, 4.69) is 5.10 Å². The summed E-state index contributed by atoms with van der Waals surface area (Å²) in [6.45, 7) is 0. The summed E-state index contributed by atoms with van der Waals surface area (Å²) in [6, 6.07) is 7.20. The van der Waals surface area contributed by atoms with E-state index in [4.69, 9.17) is 16.7 Å². The third-order valence-corrected chi connectivity index (χ3v) is 1.91. The predicted octanol–water partition coefficient (Wildman–Crippen LogP) is 1.85. The zero-order valence-electron chi connectivity index (χ0n) is 7.68. The number of benzene rings is 1. The van der Waals surface area contributed by atoms with Gasteiger partial charge in [0.05, 0.1) is 18.1 Å². The second-order valence-corrected chi connectivity index (χ2v) is 3.06. The summed E-state index contributed by atoms with van der Waals surface area (Å²) in [5, 5.41) is 13.7. The van der Waals surface area contributed by atoms with Crippen molar-refractivity contribution in [3.05, 3.63) is 41.7 Å². The van der Waals surface area contributed by atoms with Crippen molar-refractivity contribution in [3.63, 3.8) is 0 Å². The molecule has 0 fully saturated rings. The van der Waals surface area contributed by atoms with Crippen LogP contribution in [-0.2, 0) is 0 Å². The number of aromatic nitrogens is 2. The molecule has 3 nitrogen and oxygen atoms in total. The van der Waals surface area contributed by atoms with Gasteiger partial charge in [-0.05, 0) is 24.3 Å². The van der Waals surface area contributed by atoms with Crippen LogP contribution in [0.25, 0.3) is 5.69 Å². The smallest absolute Gasteiger partial charge is 0.153 e. The molecule has 14 heavy (non-hydrogen) atoms. The van der Waals surface area contributed by atoms with E-state index >= 15 is 0 Å². The van der Waals surface area contributed by atoms with Crippen LogP contribution in [0.15, 0.2) is 36.7 Å². The van der Waals surface area contributed by atoms with E-state index in [0.717, 1.165) is 5.69 Å². The Hall–Kier alpha value is -0.480. The van der Waals surface area contributed by atoms with Gasteiger partial charge in [-0.2, -0.15) is 5.10 Å². The molecule has 0 aliphatic rings. The SMILES string of the molecule is Oc1cnn(-c2ccc(Cl)cc2)c1.[Na]. The number of aromatic hydroxyl groups is 1. The number of rotatable bonds is 1. The second-order valence-electron chi connectivity index (χ2n) is 2.62. The van der Waals surface area contributed by atoms with Crippen LogP contribution in [0.1, 0.15) is 0 Å². The predicted molar refractivity (Wildman–Crippen MR) is 56.0 cm³/mol. The Morgan fingerprint density at radius 2 is 1.86 bits per heavy atom. The summed E-state index contributed by atoms with van der Waals surface area (Å²) < 4.78 is 1.58. The molecular formula is C9H7ClN2NaO. The molecule has 2 aromatic rings. The second kappa shape index (κ2) is 4.84. The first kappa shape index (κ1) is 11.6. The molecule has 1 aromatic carbocycles. The standard InChI is InChI=1S/C9H7ClN2O.Na/c10-7-1-3-8(4-2-7)12-6-9(13)5-11-12;/h1-6,13H;. The van der Waals surface area contributed by atoms with E-state index in [0.29, 0.717) is 5.02 Å². The van der Waals surface area contributed by atoms with Crippen LogP contribution >= 0.6 is 11.6 Å². The Bertz CT molecular complexity index is 413.